The van der Waals surface area contributed by atoms with E-state index in [2.05, 4.69) is 34.6 Å². The lowest BCUT2D eigenvalue weighted by molar-refractivity contribution is -0.167. The third-order valence-corrected chi connectivity index (χ3v) is 12.2. The average molecular weight is 849 g/mol. The molecule has 0 aliphatic carbocycles. The maximum atomic E-state index is 12.8. The zero-order chi connectivity index (χ0) is 44.0. The number of esters is 3. The van der Waals surface area contributed by atoms with Crippen molar-refractivity contribution in [1.29, 1.82) is 0 Å². The van der Waals surface area contributed by atoms with Gasteiger partial charge in [0.15, 0.2) is 6.10 Å². The molecule has 0 heterocycles. The number of carbonyl (C=O) groups is 3. The monoisotopic (exact) mass is 849 g/mol. The van der Waals surface area contributed by atoms with Gasteiger partial charge in [0.1, 0.15) is 13.2 Å². The Morgan fingerprint density at radius 2 is 0.550 bits per heavy atom. The van der Waals surface area contributed by atoms with Crippen molar-refractivity contribution in [1.82, 2.24) is 0 Å². The van der Waals surface area contributed by atoms with Crippen molar-refractivity contribution in [2.45, 2.75) is 304 Å². The topological polar surface area (TPSA) is 78.9 Å². The van der Waals surface area contributed by atoms with Crippen molar-refractivity contribution in [3.63, 3.8) is 0 Å². The standard InChI is InChI=1S/C54H104O6/c1-6-7-8-9-10-11-12-13-14-15-16-19-24-29-34-39-44-52(55)58-47-51(60-54(57)46-41-36-31-26-21-23-28-33-38-43-50(4)5)48-59-53(56)45-40-35-30-25-20-17-18-22-27-32-37-42-49(2)3/h49-51H,6-48H2,1-5H3/t51-/m1/s1. The molecule has 0 spiro atoms. The van der Waals surface area contributed by atoms with Gasteiger partial charge in [-0.15, -0.1) is 0 Å². The number of hydrogen-bond acceptors (Lipinski definition) is 6. The molecule has 0 aromatic heterocycles. The third kappa shape index (κ3) is 47.5. The number of ether oxygens (including phenoxy) is 3. The lowest BCUT2D eigenvalue weighted by Gasteiger charge is -2.18. The van der Waals surface area contributed by atoms with Gasteiger partial charge in [0.05, 0.1) is 0 Å². The number of hydrogen-bond donors (Lipinski definition) is 0. The van der Waals surface area contributed by atoms with Crippen LogP contribution in [-0.4, -0.2) is 37.2 Å². The van der Waals surface area contributed by atoms with Crippen LogP contribution >= 0.6 is 0 Å². The van der Waals surface area contributed by atoms with Gasteiger partial charge in [0.25, 0.3) is 0 Å². The zero-order valence-electron chi connectivity index (χ0n) is 41.1. The van der Waals surface area contributed by atoms with E-state index in [-0.39, 0.29) is 31.1 Å². The second-order valence-electron chi connectivity index (χ2n) is 19.5. The predicted molar refractivity (Wildman–Crippen MR) is 256 cm³/mol. The van der Waals surface area contributed by atoms with E-state index in [0.29, 0.717) is 19.3 Å². The molecule has 0 unspecified atom stereocenters. The van der Waals surface area contributed by atoms with Crippen LogP contribution in [0.3, 0.4) is 0 Å². The van der Waals surface area contributed by atoms with E-state index >= 15 is 0 Å². The van der Waals surface area contributed by atoms with Gasteiger partial charge in [-0.2, -0.15) is 0 Å². The van der Waals surface area contributed by atoms with E-state index in [9.17, 15) is 14.4 Å². The molecule has 0 saturated heterocycles. The first-order chi connectivity index (χ1) is 29.2. The first-order valence-corrected chi connectivity index (χ1v) is 26.7. The van der Waals surface area contributed by atoms with Crippen LogP contribution in [0.15, 0.2) is 0 Å². The maximum absolute atomic E-state index is 12.8. The molecule has 0 aliphatic heterocycles. The molecule has 6 nitrogen and oxygen atoms in total. The summed E-state index contributed by atoms with van der Waals surface area (Å²) in [6.45, 7) is 11.4. The first-order valence-electron chi connectivity index (χ1n) is 26.7. The summed E-state index contributed by atoms with van der Waals surface area (Å²) >= 11 is 0. The Labute approximate surface area is 374 Å². The molecule has 0 aromatic carbocycles. The summed E-state index contributed by atoms with van der Waals surface area (Å²) in [6.07, 6.45) is 48.0. The van der Waals surface area contributed by atoms with Crippen molar-refractivity contribution >= 4 is 17.9 Å². The molecule has 0 bridgehead atoms. The molecule has 60 heavy (non-hydrogen) atoms. The molecule has 6 heteroatoms. The van der Waals surface area contributed by atoms with Crippen LogP contribution in [-0.2, 0) is 28.6 Å². The van der Waals surface area contributed by atoms with E-state index in [1.807, 2.05) is 0 Å². The molecule has 0 amide bonds. The Bertz CT molecular complexity index is 916. The molecule has 0 radical (unpaired) electrons. The highest BCUT2D eigenvalue weighted by Gasteiger charge is 2.19. The quantitative estimate of drug-likeness (QED) is 0.0345. The van der Waals surface area contributed by atoms with Crippen molar-refractivity contribution in [3.8, 4) is 0 Å². The third-order valence-electron chi connectivity index (χ3n) is 12.2. The fourth-order valence-electron chi connectivity index (χ4n) is 8.17. The van der Waals surface area contributed by atoms with Crippen molar-refractivity contribution in [2.24, 2.45) is 11.8 Å². The molecular weight excluding hydrogens is 745 g/mol. The Morgan fingerprint density at radius 1 is 0.317 bits per heavy atom. The second-order valence-corrected chi connectivity index (χ2v) is 19.5. The van der Waals surface area contributed by atoms with Crippen LogP contribution in [0, 0.1) is 11.8 Å². The van der Waals surface area contributed by atoms with Crippen molar-refractivity contribution in [2.75, 3.05) is 13.2 Å². The molecule has 0 fully saturated rings. The minimum Gasteiger partial charge on any atom is -0.462 e. The van der Waals surface area contributed by atoms with E-state index in [1.165, 1.54) is 186 Å². The SMILES string of the molecule is CCCCCCCCCCCCCCCCCCC(=O)OC[C@H](COC(=O)CCCCCCCCCCCCCC(C)C)OC(=O)CCCCCCCCCCCC(C)C. The molecule has 0 N–H and O–H groups in total. The highest BCUT2D eigenvalue weighted by atomic mass is 16.6. The number of rotatable bonds is 48. The van der Waals surface area contributed by atoms with Crippen LogP contribution in [0.2, 0.25) is 0 Å². The highest BCUT2D eigenvalue weighted by molar-refractivity contribution is 5.71. The Balaban J connectivity index is 4.29. The van der Waals surface area contributed by atoms with Crippen molar-refractivity contribution < 1.29 is 28.6 Å². The largest absolute Gasteiger partial charge is 0.462 e. The minimum atomic E-state index is -0.762. The van der Waals surface area contributed by atoms with Gasteiger partial charge in [0, 0.05) is 19.3 Å². The fourth-order valence-corrected chi connectivity index (χ4v) is 8.17. The summed E-state index contributed by atoms with van der Waals surface area (Å²) in [5.74, 6) is 0.786. The zero-order valence-corrected chi connectivity index (χ0v) is 41.1. The van der Waals surface area contributed by atoms with E-state index in [0.717, 1.165) is 69.6 Å². The molecule has 356 valence electrons. The summed E-state index contributed by atoms with van der Waals surface area (Å²) in [5, 5.41) is 0. The first kappa shape index (κ1) is 58.4. The van der Waals surface area contributed by atoms with Gasteiger partial charge >= 0.3 is 17.9 Å². The molecule has 0 saturated carbocycles. The Hall–Kier alpha value is -1.59. The lowest BCUT2D eigenvalue weighted by atomic mass is 10.0. The van der Waals surface area contributed by atoms with Crippen LogP contribution in [0.4, 0.5) is 0 Å². The van der Waals surface area contributed by atoms with Gasteiger partial charge in [-0.05, 0) is 31.1 Å². The van der Waals surface area contributed by atoms with E-state index in [4.69, 9.17) is 14.2 Å². The molecular formula is C54H104O6. The fraction of sp³-hybridized carbons (Fsp3) is 0.944. The molecule has 0 aromatic rings. The van der Waals surface area contributed by atoms with Crippen LogP contribution in [0.1, 0.15) is 298 Å². The second kappa shape index (κ2) is 46.9. The Kier molecular flexibility index (Phi) is 45.7. The summed E-state index contributed by atoms with van der Waals surface area (Å²) in [6, 6.07) is 0. The predicted octanol–water partition coefficient (Wildman–Crippen LogP) is 17.3. The number of unbranched alkanes of at least 4 members (excludes halogenated alkanes) is 33. The van der Waals surface area contributed by atoms with Crippen LogP contribution in [0.5, 0.6) is 0 Å². The van der Waals surface area contributed by atoms with Gasteiger partial charge < -0.3 is 14.2 Å². The molecule has 1 atom stereocenters. The lowest BCUT2D eigenvalue weighted by Crippen LogP contribution is -2.30. The molecule has 0 aliphatic rings. The van der Waals surface area contributed by atoms with Crippen LogP contribution < -0.4 is 0 Å². The van der Waals surface area contributed by atoms with Gasteiger partial charge in [-0.3, -0.25) is 14.4 Å². The summed E-state index contributed by atoms with van der Waals surface area (Å²) in [4.78, 5) is 38.0. The van der Waals surface area contributed by atoms with Gasteiger partial charge in [-0.1, -0.05) is 259 Å². The van der Waals surface area contributed by atoms with Crippen molar-refractivity contribution in [3.05, 3.63) is 0 Å². The van der Waals surface area contributed by atoms with Gasteiger partial charge in [-0.25, -0.2) is 0 Å². The summed E-state index contributed by atoms with van der Waals surface area (Å²) in [5.41, 5.74) is 0. The average Bonchev–Trinajstić information content (AvgIpc) is 3.22. The maximum Gasteiger partial charge on any atom is 0.306 e. The van der Waals surface area contributed by atoms with E-state index in [1.54, 1.807) is 0 Å². The number of carbonyl (C=O) groups excluding carboxylic acids is 3. The summed E-state index contributed by atoms with van der Waals surface area (Å²) in [7, 11) is 0. The highest BCUT2D eigenvalue weighted by Crippen LogP contribution is 2.17. The van der Waals surface area contributed by atoms with Gasteiger partial charge in [0.2, 0.25) is 0 Å². The van der Waals surface area contributed by atoms with Crippen LogP contribution in [0.25, 0.3) is 0 Å². The van der Waals surface area contributed by atoms with E-state index < -0.39 is 6.10 Å². The minimum absolute atomic E-state index is 0.0637. The smallest absolute Gasteiger partial charge is 0.306 e. The normalized spacial score (nSPS) is 12.1. The summed E-state index contributed by atoms with van der Waals surface area (Å²) < 4.78 is 16.8. The molecule has 0 rings (SSSR count). The Morgan fingerprint density at radius 3 is 0.817 bits per heavy atom.